The molecule has 24 heavy (non-hydrogen) atoms. The smallest absolute Gasteiger partial charge is 0.339 e. The van der Waals surface area contributed by atoms with Gasteiger partial charge < -0.3 is 9.64 Å². The number of benzene rings is 1. The number of rotatable bonds is 3. The molecule has 130 valence electrons. The van der Waals surface area contributed by atoms with Gasteiger partial charge in [0.1, 0.15) is 0 Å². The lowest BCUT2D eigenvalue weighted by Crippen LogP contribution is -2.50. The Bertz CT molecular complexity index is 753. The molecule has 1 N–H and O–H groups in total. The molecule has 1 aromatic rings. The number of hydrogen-bond acceptors (Lipinski definition) is 5. The van der Waals surface area contributed by atoms with E-state index in [2.05, 4.69) is 4.72 Å². The third-order valence-electron chi connectivity index (χ3n) is 4.35. The number of carbonyl (C=O) groups excluding carboxylic acids is 2. The van der Waals surface area contributed by atoms with Gasteiger partial charge in [0.2, 0.25) is 10.0 Å². The normalized spacial score (nSPS) is 22.0. The van der Waals surface area contributed by atoms with Gasteiger partial charge in [-0.25, -0.2) is 17.9 Å². The zero-order valence-corrected chi connectivity index (χ0v) is 14.2. The summed E-state index contributed by atoms with van der Waals surface area (Å²) in [5.41, 5.74) is 1.33. The number of likely N-dealkylation sites (tertiary alicyclic amines) is 1. The summed E-state index contributed by atoms with van der Waals surface area (Å²) in [7, 11) is -3.25. The molecule has 1 amide bonds. The van der Waals surface area contributed by atoms with Crippen LogP contribution in [0.3, 0.4) is 0 Å². The van der Waals surface area contributed by atoms with E-state index in [1.54, 1.807) is 17.0 Å². The average Bonchev–Trinajstić information content (AvgIpc) is 2.53. The van der Waals surface area contributed by atoms with Crippen molar-refractivity contribution in [1.29, 1.82) is 0 Å². The molecule has 0 spiro atoms. The highest BCUT2D eigenvalue weighted by atomic mass is 32.2. The minimum atomic E-state index is -3.25. The van der Waals surface area contributed by atoms with E-state index in [-0.39, 0.29) is 11.9 Å². The molecule has 0 unspecified atom stereocenters. The number of cyclic esters (lactones) is 1. The first-order valence-electron chi connectivity index (χ1n) is 7.88. The van der Waals surface area contributed by atoms with Crippen molar-refractivity contribution < 1.29 is 22.7 Å². The third-order valence-corrected chi connectivity index (χ3v) is 5.12. The predicted octanol–water partition coefficient (Wildman–Crippen LogP) is 0.308. The van der Waals surface area contributed by atoms with Gasteiger partial charge in [0.25, 0.3) is 5.91 Å². The third kappa shape index (κ3) is 3.76. The van der Waals surface area contributed by atoms with Crippen molar-refractivity contribution in [2.24, 2.45) is 0 Å². The van der Waals surface area contributed by atoms with Crippen LogP contribution >= 0.6 is 0 Å². The summed E-state index contributed by atoms with van der Waals surface area (Å²) in [6, 6.07) is 6.97. The minimum absolute atomic E-state index is 0.154. The Hall–Kier alpha value is -1.93. The lowest BCUT2D eigenvalue weighted by Gasteiger charge is -2.35. The van der Waals surface area contributed by atoms with Gasteiger partial charge in [-0.2, -0.15) is 0 Å². The highest BCUT2D eigenvalue weighted by Gasteiger charge is 2.35. The second kappa shape index (κ2) is 6.52. The van der Waals surface area contributed by atoms with Crippen LogP contribution in [0.5, 0.6) is 0 Å². The van der Waals surface area contributed by atoms with Crippen molar-refractivity contribution in [3.8, 4) is 0 Å². The molecule has 0 aromatic heterocycles. The van der Waals surface area contributed by atoms with Gasteiger partial charge in [0.15, 0.2) is 6.10 Å². The number of esters is 1. The summed E-state index contributed by atoms with van der Waals surface area (Å²) in [5, 5.41) is 0. The van der Waals surface area contributed by atoms with Gasteiger partial charge in [0, 0.05) is 25.6 Å². The van der Waals surface area contributed by atoms with Crippen molar-refractivity contribution >= 4 is 21.9 Å². The maximum atomic E-state index is 12.6. The standard InChI is InChI=1S/C16H20N2O5S/c1-24(21,22)17-12-6-8-18(9-7-12)15(19)14-10-11-4-2-3-5-13(11)16(20)23-14/h2-5,12,14,17H,6-10H2,1H3/t14-/m0/s1. The Balaban J connectivity index is 1.62. The van der Waals surface area contributed by atoms with Crippen LogP contribution in [0.4, 0.5) is 0 Å². The maximum Gasteiger partial charge on any atom is 0.339 e. The van der Waals surface area contributed by atoms with Crippen LogP contribution in [0, 0.1) is 0 Å². The fourth-order valence-electron chi connectivity index (χ4n) is 3.19. The number of ether oxygens (including phenoxy) is 1. The molecule has 0 saturated carbocycles. The summed E-state index contributed by atoms with van der Waals surface area (Å²) >= 11 is 0. The summed E-state index contributed by atoms with van der Waals surface area (Å²) in [5.74, 6) is -0.681. The minimum Gasteiger partial charge on any atom is -0.448 e. The summed E-state index contributed by atoms with van der Waals surface area (Å²) < 4.78 is 30.4. The average molecular weight is 352 g/mol. The van der Waals surface area contributed by atoms with E-state index in [0.29, 0.717) is 37.9 Å². The summed E-state index contributed by atoms with van der Waals surface area (Å²) in [4.78, 5) is 26.3. The van der Waals surface area contributed by atoms with Crippen molar-refractivity contribution in [3.05, 3.63) is 35.4 Å². The van der Waals surface area contributed by atoms with E-state index in [1.165, 1.54) is 0 Å². The van der Waals surface area contributed by atoms with E-state index < -0.39 is 22.1 Å². The van der Waals surface area contributed by atoms with Crippen LogP contribution in [0.15, 0.2) is 24.3 Å². The van der Waals surface area contributed by atoms with Gasteiger partial charge in [-0.05, 0) is 24.5 Å². The topological polar surface area (TPSA) is 92.8 Å². The monoisotopic (exact) mass is 352 g/mol. The van der Waals surface area contributed by atoms with Crippen LogP contribution in [0.25, 0.3) is 0 Å². The van der Waals surface area contributed by atoms with Crippen molar-refractivity contribution in [2.75, 3.05) is 19.3 Å². The number of amides is 1. The number of piperidine rings is 1. The Kier molecular flexibility index (Phi) is 4.60. The molecule has 2 aliphatic heterocycles. The number of nitrogens with one attached hydrogen (secondary N) is 1. The molecule has 3 rings (SSSR count). The first-order valence-corrected chi connectivity index (χ1v) is 9.77. The number of sulfonamides is 1. The van der Waals surface area contributed by atoms with Gasteiger partial charge in [0.05, 0.1) is 11.8 Å². The number of carbonyl (C=O) groups is 2. The lowest BCUT2D eigenvalue weighted by atomic mass is 9.97. The molecule has 2 heterocycles. The second-order valence-electron chi connectivity index (χ2n) is 6.24. The van der Waals surface area contributed by atoms with Crippen LogP contribution < -0.4 is 4.72 Å². The van der Waals surface area contributed by atoms with Crippen LogP contribution in [0.2, 0.25) is 0 Å². The van der Waals surface area contributed by atoms with Crippen molar-refractivity contribution in [2.45, 2.75) is 31.4 Å². The maximum absolute atomic E-state index is 12.6. The van der Waals surface area contributed by atoms with Crippen LogP contribution in [-0.2, 0) is 26.0 Å². The molecule has 8 heteroatoms. The van der Waals surface area contributed by atoms with Gasteiger partial charge in [-0.3, -0.25) is 4.79 Å². The van der Waals surface area contributed by atoms with Gasteiger partial charge in [-0.15, -0.1) is 0 Å². The molecule has 1 aromatic carbocycles. The molecular formula is C16H20N2O5S. The van der Waals surface area contributed by atoms with E-state index in [9.17, 15) is 18.0 Å². The molecule has 1 atom stereocenters. The Morgan fingerprint density at radius 3 is 2.58 bits per heavy atom. The molecule has 2 aliphatic rings. The second-order valence-corrected chi connectivity index (χ2v) is 8.02. The van der Waals surface area contributed by atoms with Crippen LogP contribution in [-0.4, -0.2) is 56.7 Å². The fourth-order valence-corrected chi connectivity index (χ4v) is 4.03. The molecule has 0 radical (unpaired) electrons. The summed E-state index contributed by atoms with van der Waals surface area (Å²) in [6.45, 7) is 0.892. The molecule has 0 bridgehead atoms. The molecule has 1 fully saturated rings. The highest BCUT2D eigenvalue weighted by molar-refractivity contribution is 7.88. The summed E-state index contributed by atoms with van der Waals surface area (Å²) in [6.07, 6.45) is 1.81. The van der Waals surface area contributed by atoms with Crippen molar-refractivity contribution in [3.63, 3.8) is 0 Å². The van der Waals surface area contributed by atoms with Crippen molar-refractivity contribution in [1.82, 2.24) is 9.62 Å². The van der Waals surface area contributed by atoms with E-state index in [0.717, 1.165) is 11.8 Å². The number of hydrogen-bond donors (Lipinski definition) is 1. The number of nitrogens with zero attached hydrogens (tertiary/aromatic N) is 1. The molecule has 7 nitrogen and oxygen atoms in total. The van der Waals surface area contributed by atoms with Gasteiger partial charge >= 0.3 is 5.97 Å². The highest BCUT2D eigenvalue weighted by Crippen LogP contribution is 2.23. The lowest BCUT2D eigenvalue weighted by molar-refractivity contribution is -0.142. The first-order chi connectivity index (χ1) is 11.3. The Morgan fingerprint density at radius 1 is 1.25 bits per heavy atom. The van der Waals surface area contributed by atoms with E-state index >= 15 is 0 Å². The molecular weight excluding hydrogens is 332 g/mol. The van der Waals surface area contributed by atoms with E-state index in [1.807, 2.05) is 12.1 Å². The predicted molar refractivity (Wildman–Crippen MR) is 86.9 cm³/mol. The Labute approximate surface area is 141 Å². The number of fused-ring (bicyclic) bond motifs is 1. The molecule has 0 aliphatic carbocycles. The SMILES string of the molecule is CS(=O)(=O)NC1CCN(C(=O)[C@@H]2Cc3ccccc3C(=O)O2)CC1. The van der Waals surface area contributed by atoms with Gasteiger partial charge in [-0.1, -0.05) is 18.2 Å². The Morgan fingerprint density at radius 2 is 1.92 bits per heavy atom. The largest absolute Gasteiger partial charge is 0.448 e. The fraction of sp³-hybridized carbons (Fsp3) is 0.500. The van der Waals surface area contributed by atoms with E-state index in [4.69, 9.17) is 4.74 Å². The van der Waals surface area contributed by atoms with Crippen LogP contribution in [0.1, 0.15) is 28.8 Å². The quantitative estimate of drug-likeness (QED) is 0.790. The first kappa shape index (κ1) is 16.9. The zero-order valence-electron chi connectivity index (χ0n) is 13.4. The zero-order chi connectivity index (χ0) is 17.3. The molecule has 1 saturated heterocycles.